The molecule has 0 rings (SSSR count). The Bertz CT molecular complexity index is 139. The molecule has 1 unspecified atom stereocenters. The molecular formula is C15H33NO. The lowest BCUT2D eigenvalue weighted by atomic mass is 9.98. The number of rotatable bonds is 13. The van der Waals surface area contributed by atoms with E-state index in [1.54, 1.807) is 0 Å². The number of ether oxygens (including phenoxy) is 1. The summed E-state index contributed by atoms with van der Waals surface area (Å²) in [4.78, 5) is 0. The molecular weight excluding hydrogens is 210 g/mol. The molecule has 0 saturated carbocycles. The molecule has 0 spiro atoms. The second-order valence-electron chi connectivity index (χ2n) is 5.20. The number of hydrogen-bond donors (Lipinski definition) is 1. The van der Waals surface area contributed by atoms with Crippen molar-refractivity contribution >= 4 is 0 Å². The summed E-state index contributed by atoms with van der Waals surface area (Å²) < 4.78 is 5.47. The van der Waals surface area contributed by atoms with Crippen molar-refractivity contribution in [3.63, 3.8) is 0 Å². The fourth-order valence-corrected chi connectivity index (χ4v) is 2.15. The van der Waals surface area contributed by atoms with E-state index in [2.05, 4.69) is 13.8 Å². The minimum absolute atomic E-state index is 0.746. The standard InChI is InChI=1S/C15H33NO/c1-3-10-15(2)11-7-5-4-6-8-13-17-14-9-12-16/h15H,3-14,16H2,1-2H3. The predicted octanol–water partition coefficient (Wildman–Crippen LogP) is 4.13. The van der Waals surface area contributed by atoms with Gasteiger partial charge in [0.15, 0.2) is 0 Å². The highest BCUT2D eigenvalue weighted by Gasteiger charge is 1.99. The van der Waals surface area contributed by atoms with Crippen molar-refractivity contribution in [3.05, 3.63) is 0 Å². The van der Waals surface area contributed by atoms with Crippen LogP contribution in [-0.2, 0) is 4.74 Å². The number of hydrogen-bond acceptors (Lipinski definition) is 2. The van der Waals surface area contributed by atoms with Crippen LogP contribution < -0.4 is 5.73 Å². The van der Waals surface area contributed by atoms with Crippen LogP contribution >= 0.6 is 0 Å². The van der Waals surface area contributed by atoms with E-state index >= 15 is 0 Å². The Balaban J connectivity index is 2.98. The average molecular weight is 243 g/mol. The quantitative estimate of drug-likeness (QED) is 0.494. The molecule has 0 saturated heterocycles. The van der Waals surface area contributed by atoms with Gasteiger partial charge in [0.2, 0.25) is 0 Å². The van der Waals surface area contributed by atoms with Crippen molar-refractivity contribution in [1.82, 2.24) is 0 Å². The zero-order valence-electron chi connectivity index (χ0n) is 12.0. The second-order valence-corrected chi connectivity index (χ2v) is 5.20. The summed E-state index contributed by atoms with van der Waals surface area (Å²) in [5.41, 5.74) is 5.39. The van der Waals surface area contributed by atoms with Crippen molar-refractivity contribution in [2.24, 2.45) is 11.7 Å². The third-order valence-corrected chi connectivity index (χ3v) is 3.26. The second kappa shape index (κ2) is 14.0. The van der Waals surface area contributed by atoms with Gasteiger partial charge in [-0.1, -0.05) is 58.8 Å². The Morgan fingerprint density at radius 1 is 0.882 bits per heavy atom. The van der Waals surface area contributed by atoms with Crippen LogP contribution in [0.4, 0.5) is 0 Å². The first-order chi connectivity index (χ1) is 8.31. The van der Waals surface area contributed by atoms with E-state index in [-0.39, 0.29) is 0 Å². The summed E-state index contributed by atoms with van der Waals surface area (Å²) in [7, 11) is 0. The smallest absolute Gasteiger partial charge is 0.0478 e. The van der Waals surface area contributed by atoms with Gasteiger partial charge in [-0.3, -0.25) is 0 Å². The average Bonchev–Trinajstić information content (AvgIpc) is 2.32. The molecule has 2 nitrogen and oxygen atoms in total. The Labute approximate surface area is 108 Å². The van der Waals surface area contributed by atoms with Crippen LogP contribution in [0.15, 0.2) is 0 Å². The molecule has 0 aliphatic carbocycles. The van der Waals surface area contributed by atoms with Gasteiger partial charge >= 0.3 is 0 Å². The Morgan fingerprint density at radius 2 is 1.53 bits per heavy atom. The third kappa shape index (κ3) is 13.9. The van der Waals surface area contributed by atoms with Gasteiger partial charge in [0, 0.05) is 13.2 Å². The molecule has 0 aromatic carbocycles. The van der Waals surface area contributed by atoms with E-state index in [0.717, 1.165) is 32.1 Å². The summed E-state index contributed by atoms with van der Waals surface area (Å²) in [5.74, 6) is 0.930. The zero-order valence-corrected chi connectivity index (χ0v) is 12.0. The van der Waals surface area contributed by atoms with E-state index in [9.17, 15) is 0 Å². The van der Waals surface area contributed by atoms with E-state index in [0.29, 0.717) is 0 Å². The maximum Gasteiger partial charge on any atom is 0.0478 e. The monoisotopic (exact) mass is 243 g/mol. The summed E-state index contributed by atoms with van der Waals surface area (Å²) >= 11 is 0. The highest BCUT2D eigenvalue weighted by Crippen LogP contribution is 2.15. The van der Waals surface area contributed by atoms with Gasteiger partial charge in [0.25, 0.3) is 0 Å². The molecule has 1 atom stereocenters. The van der Waals surface area contributed by atoms with Crippen molar-refractivity contribution in [1.29, 1.82) is 0 Å². The normalized spacial score (nSPS) is 12.9. The Kier molecular flexibility index (Phi) is 13.9. The summed E-state index contributed by atoms with van der Waals surface area (Å²) in [6.45, 7) is 7.17. The summed E-state index contributed by atoms with van der Waals surface area (Å²) in [6.07, 6.45) is 11.9. The fourth-order valence-electron chi connectivity index (χ4n) is 2.15. The molecule has 0 fully saturated rings. The van der Waals surface area contributed by atoms with Gasteiger partial charge in [-0.05, 0) is 25.3 Å². The molecule has 0 aromatic heterocycles. The Morgan fingerprint density at radius 3 is 2.24 bits per heavy atom. The largest absolute Gasteiger partial charge is 0.381 e. The van der Waals surface area contributed by atoms with Crippen LogP contribution in [0.5, 0.6) is 0 Å². The number of nitrogens with two attached hydrogens (primary N) is 1. The number of unbranched alkanes of at least 4 members (excludes halogenated alkanes) is 4. The molecule has 2 N–H and O–H groups in total. The van der Waals surface area contributed by atoms with E-state index in [1.807, 2.05) is 0 Å². The molecule has 0 aliphatic heterocycles. The lowest BCUT2D eigenvalue weighted by molar-refractivity contribution is 0.129. The first kappa shape index (κ1) is 16.9. The molecule has 0 aromatic rings. The topological polar surface area (TPSA) is 35.2 Å². The molecule has 104 valence electrons. The SMILES string of the molecule is CCCC(C)CCCCCCCOCCCN. The highest BCUT2D eigenvalue weighted by molar-refractivity contribution is 4.53. The molecule has 0 amide bonds. The van der Waals surface area contributed by atoms with Gasteiger partial charge < -0.3 is 10.5 Å². The van der Waals surface area contributed by atoms with E-state index in [4.69, 9.17) is 10.5 Å². The molecule has 0 bridgehead atoms. The van der Waals surface area contributed by atoms with E-state index in [1.165, 1.54) is 51.4 Å². The highest BCUT2D eigenvalue weighted by atomic mass is 16.5. The first-order valence-electron chi connectivity index (χ1n) is 7.59. The van der Waals surface area contributed by atoms with Crippen molar-refractivity contribution in [2.45, 2.75) is 71.6 Å². The van der Waals surface area contributed by atoms with Gasteiger partial charge in [0.1, 0.15) is 0 Å². The van der Waals surface area contributed by atoms with Crippen LogP contribution in [0, 0.1) is 5.92 Å². The maximum absolute atomic E-state index is 5.47. The van der Waals surface area contributed by atoms with Gasteiger partial charge in [-0.15, -0.1) is 0 Å². The summed E-state index contributed by atoms with van der Waals surface area (Å²) in [5, 5.41) is 0. The lowest BCUT2D eigenvalue weighted by Gasteiger charge is -2.09. The molecule has 17 heavy (non-hydrogen) atoms. The summed E-state index contributed by atoms with van der Waals surface area (Å²) in [6, 6.07) is 0. The van der Waals surface area contributed by atoms with Crippen molar-refractivity contribution in [2.75, 3.05) is 19.8 Å². The van der Waals surface area contributed by atoms with E-state index < -0.39 is 0 Å². The fraction of sp³-hybridized carbons (Fsp3) is 1.00. The van der Waals surface area contributed by atoms with Crippen molar-refractivity contribution in [3.8, 4) is 0 Å². The molecule has 0 aliphatic rings. The van der Waals surface area contributed by atoms with Crippen LogP contribution in [0.2, 0.25) is 0 Å². The molecule has 2 heteroatoms. The molecule has 0 radical (unpaired) electrons. The van der Waals surface area contributed by atoms with Crippen LogP contribution in [0.3, 0.4) is 0 Å². The van der Waals surface area contributed by atoms with Gasteiger partial charge in [-0.25, -0.2) is 0 Å². The maximum atomic E-state index is 5.47. The van der Waals surface area contributed by atoms with Gasteiger partial charge in [0.05, 0.1) is 0 Å². The first-order valence-corrected chi connectivity index (χ1v) is 7.59. The minimum Gasteiger partial charge on any atom is -0.381 e. The third-order valence-electron chi connectivity index (χ3n) is 3.26. The predicted molar refractivity (Wildman–Crippen MR) is 76.3 cm³/mol. The minimum atomic E-state index is 0.746. The van der Waals surface area contributed by atoms with Gasteiger partial charge in [-0.2, -0.15) is 0 Å². The van der Waals surface area contributed by atoms with Crippen LogP contribution in [0.1, 0.15) is 71.6 Å². The molecule has 0 heterocycles. The van der Waals surface area contributed by atoms with Crippen molar-refractivity contribution < 1.29 is 4.74 Å². The van der Waals surface area contributed by atoms with Crippen LogP contribution in [-0.4, -0.2) is 19.8 Å². The Hall–Kier alpha value is -0.0800. The zero-order chi connectivity index (χ0) is 12.8. The van der Waals surface area contributed by atoms with Crippen LogP contribution in [0.25, 0.3) is 0 Å². The lowest BCUT2D eigenvalue weighted by Crippen LogP contribution is -2.05.